The first-order valence-electron chi connectivity index (χ1n) is 14.1. The molecule has 6 rings (SSSR count). The van der Waals surface area contributed by atoms with Crippen LogP contribution in [0.2, 0.25) is 0 Å². The van der Waals surface area contributed by atoms with Crippen molar-refractivity contribution in [3.05, 3.63) is 30.7 Å². The van der Waals surface area contributed by atoms with Crippen molar-refractivity contribution in [1.29, 1.82) is 0 Å². The molecule has 2 amide bonds. The molecular weight excluding hydrogens is 510 g/mol. The van der Waals surface area contributed by atoms with Crippen LogP contribution in [-0.2, 0) is 9.53 Å². The normalized spacial score (nSPS) is 20.5. The van der Waals surface area contributed by atoms with Crippen LogP contribution in [0.25, 0.3) is 22.3 Å². The van der Waals surface area contributed by atoms with E-state index in [4.69, 9.17) is 19.4 Å². The zero-order valence-corrected chi connectivity index (χ0v) is 23.6. The van der Waals surface area contributed by atoms with E-state index in [-0.39, 0.29) is 24.0 Å². The number of carbonyl (C=O) groups excluding carboxylic acids is 2. The van der Waals surface area contributed by atoms with Gasteiger partial charge >= 0.3 is 6.09 Å². The van der Waals surface area contributed by atoms with Gasteiger partial charge in [0, 0.05) is 62.9 Å². The summed E-state index contributed by atoms with van der Waals surface area (Å²) in [4.78, 5) is 42.5. The van der Waals surface area contributed by atoms with E-state index >= 15 is 0 Å². The minimum absolute atomic E-state index is 0.0627. The maximum absolute atomic E-state index is 12.4. The molecule has 3 aromatic heterocycles. The molecule has 3 aliphatic rings. The molecule has 212 valence electrons. The van der Waals surface area contributed by atoms with E-state index in [0.717, 1.165) is 41.0 Å². The number of carbonyl (C=O) groups is 2. The van der Waals surface area contributed by atoms with Gasteiger partial charge in [-0.05, 0) is 58.7 Å². The van der Waals surface area contributed by atoms with Crippen LogP contribution in [0.4, 0.5) is 10.6 Å². The molecular formula is C29H37N7O4. The van der Waals surface area contributed by atoms with Crippen molar-refractivity contribution in [1.82, 2.24) is 29.7 Å². The van der Waals surface area contributed by atoms with Crippen LogP contribution in [0.1, 0.15) is 53.0 Å². The topological polar surface area (TPSA) is 115 Å². The van der Waals surface area contributed by atoms with Gasteiger partial charge in [0.2, 0.25) is 11.8 Å². The number of imidazole rings is 1. The Balaban J connectivity index is 1.20. The van der Waals surface area contributed by atoms with Gasteiger partial charge in [0.05, 0.1) is 17.5 Å². The molecule has 1 N–H and O–H groups in total. The van der Waals surface area contributed by atoms with E-state index in [9.17, 15) is 9.59 Å². The number of nitrogens with one attached hydrogen (secondary N) is 1. The summed E-state index contributed by atoms with van der Waals surface area (Å²) >= 11 is 0. The number of amides is 2. The third-order valence-electron chi connectivity index (χ3n) is 7.73. The SMILES string of the molecule is C[C@@H](Oc1nc(-c2ccc(N3CCN(C(=O)OC(C)(C)C)CC3)nc2)cc2ncn(C3CC3)c12)C1CNC(=O)C1. The Hall–Kier alpha value is -3.89. The van der Waals surface area contributed by atoms with Gasteiger partial charge in [0.15, 0.2) is 0 Å². The number of hydrogen-bond acceptors (Lipinski definition) is 8. The lowest BCUT2D eigenvalue weighted by molar-refractivity contribution is -0.119. The number of hydrogen-bond donors (Lipinski definition) is 1. The molecule has 0 radical (unpaired) electrons. The van der Waals surface area contributed by atoms with Crippen molar-refractivity contribution in [2.75, 3.05) is 37.6 Å². The minimum Gasteiger partial charge on any atom is -0.473 e. The number of piperazine rings is 1. The number of pyridine rings is 2. The summed E-state index contributed by atoms with van der Waals surface area (Å²) in [5, 5.41) is 2.90. The molecule has 3 aromatic rings. The van der Waals surface area contributed by atoms with Gasteiger partial charge in [-0.2, -0.15) is 0 Å². The van der Waals surface area contributed by atoms with Crippen LogP contribution in [0, 0.1) is 5.92 Å². The van der Waals surface area contributed by atoms with Crippen molar-refractivity contribution >= 4 is 28.9 Å². The van der Waals surface area contributed by atoms with Gasteiger partial charge < -0.3 is 29.2 Å². The zero-order valence-electron chi connectivity index (χ0n) is 23.6. The molecule has 2 atom stereocenters. The minimum atomic E-state index is -0.506. The molecule has 0 aromatic carbocycles. The molecule has 5 heterocycles. The van der Waals surface area contributed by atoms with Crippen molar-refractivity contribution in [3.63, 3.8) is 0 Å². The van der Waals surface area contributed by atoms with E-state index in [2.05, 4.69) is 19.8 Å². The fourth-order valence-corrected chi connectivity index (χ4v) is 5.29. The van der Waals surface area contributed by atoms with Gasteiger partial charge in [0.25, 0.3) is 0 Å². The summed E-state index contributed by atoms with van der Waals surface area (Å²) in [6.45, 7) is 10.8. The Morgan fingerprint density at radius 3 is 2.52 bits per heavy atom. The Labute approximate surface area is 233 Å². The molecule has 0 bridgehead atoms. The number of anilines is 1. The molecule has 2 saturated heterocycles. The molecule has 1 aliphatic carbocycles. The Kier molecular flexibility index (Phi) is 6.75. The fourth-order valence-electron chi connectivity index (χ4n) is 5.29. The van der Waals surface area contributed by atoms with E-state index in [0.29, 0.717) is 51.1 Å². The summed E-state index contributed by atoms with van der Waals surface area (Å²) in [6.07, 6.45) is 5.97. The second-order valence-electron chi connectivity index (χ2n) is 12.0. The van der Waals surface area contributed by atoms with Crippen LogP contribution in [0.15, 0.2) is 30.7 Å². The fraction of sp³-hybridized carbons (Fsp3) is 0.552. The second kappa shape index (κ2) is 10.3. The third kappa shape index (κ3) is 5.55. The standard InChI is InChI=1S/C29H37N7O4/c1-18(20-13-25(37)31-16-20)39-27-26-23(32-17-36(26)21-6-7-21)14-22(33-27)19-5-8-24(30-15-19)34-9-11-35(12-10-34)28(38)40-29(2,3)4/h5,8,14-15,17-18,20-21H,6-7,9-13,16H2,1-4H3,(H,31,37)/t18-,20?/m1/s1. The van der Waals surface area contributed by atoms with E-state index in [1.165, 1.54) is 0 Å². The highest BCUT2D eigenvalue weighted by Crippen LogP contribution is 2.40. The Morgan fingerprint density at radius 1 is 1.12 bits per heavy atom. The molecule has 11 nitrogen and oxygen atoms in total. The maximum atomic E-state index is 12.4. The van der Waals surface area contributed by atoms with Crippen LogP contribution in [0.5, 0.6) is 5.88 Å². The quantitative estimate of drug-likeness (QED) is 0.496. The number of ether oxygens (including phenoxy) is 2. The van der Waals surface area contributed by atoms with Gasteiger partial charge in [-0.1, -0.05) is 0 Å². The Bertz CT molecular complexity index is 1400. The highest BCUT2D eigenvalue weighted by Gasteiger charge is 2.31. The van der Waals surface area contributed by atoms with Crippen molar-refractivity contribution in [2.24, 2.45) is 5.92 Å². The molecule has 11 heteroatoms. The summed E-state index contributed by atoms with van der Waals surface area (Å²) in [5.74, 6) is 1.57. The first kappa shape index (κ1) is 26.3. The summed E-state index contributed by atoms with van der Waals surface area (Å²) in [5.41, 5.74) is 2.85. The third-order valence-corrected chi connectivity index (χ3v) is 7.73. The molecule has 2 aliphatic heterocycles. The number of rotatable bonds is 6. The van der Waals surface area contributed by atoms with Gasteiger partial charge in [-0.3, -0.25) is 4.79 Å². The highest BCUT2D eigenvalue weighted by atomic mass is 16.6. The monoisotopic (exact) mass is 547 g/mol. The summed E-state index contributed by atoms with van der Waals surface area (Å²) < 4.78 is 14.1. The molecule has 0 spiro atoms. The zero-order chi connectivity index (χ0) is 28.0. The van der Waals surface area contributed by atoms with Crippen molar-refractivity contribution in [3.8, 4) is 17.1 Å². The lowest BCUT2D eigenvalue weighted by Gasteiger charge is -2.36. The van der Waals surface area contributed by atoms with Crippen LogP contribution >= 0.6 is 0 Å². The van der Waals surface area contributed by atoms with E-state index in [1.807, 2.05) is 58.4 Å². The molecule has 1 unspecified atom stereocenters. The van der Waals surface area contributed by atoms with Gasteiger partial charge in [-0.25, -0.2) is 19.7 Å². The number of aromatic nitrogens is 4. The predicted octanol–water partition coefficient (Wildman–Crippen LogP) is 3.79. The lowest BCUT2D eigenvalue weighted by atomic mass is 10.0. The van der Waals surface area contributed by atoms with E-state index < -0.39 is 5.60 Å². The largest absolute Gasteiger partial charge is 0.473 e. The average molecular weight is 548 g/mol. The predicted molar refractivity (Wildman–Crippen MR) is 150 cm³/mol. The molecule has 1 saturated carbocycles. The number of fused-ring (bicyclic) bond motifs is 1. The van der Waals surface area contributed by atoms with Crippen LogP contribution in [0.3, 0.4) is 0 Å². The molecule has 3 fully saturated rings. The summed E-state index contributed by atoms with van der Waals surface area (Å²) in [6, 6.07) is 6.43. The first-order valence-corrected chi connectivity index (χ1v) is 14.1. The van der Waals surface area contributed by atoms with E-state index in [1.54, 1.807) is 4.90 Å². The van der Waals surface area contributed by atoms with Crippen LogP contribution < -0.4 is 15.0 Å². The first-order chi connectivity index (χ1) is 19.1. The lowest BCUT2D eigenvalue weighted by Crippen LogP contribution is -2.50. The summed E-state index contributed by atoms with van der Waals surface area (Å²) in [7, 11) is 0. The van der Waals surface area contributed by atoms with Gasteiger partial charge in [0.1, 0.15) is 23.0 Å². The Morgan fingerprint density at radius 2 is 1.90 bits per heavy atom. The van der Waals surface area contributed by atoms with Gasteiger partial charge in [-0.15, -0.1) is 0 Å². The maximum Gasteiger partial charge on any atom is 0.410 e. The number of nitrogens with zero attached hydrogens (tertiary/aromatic N) is 6. The van der Waals surface area contributed by atoms with Crippen molar-refractivity contribution in [2.45, 2.75) is 64.7 Å². The second-order valence-corrected chi connectivity index (χ2v) is 12.0. The molecule has 40 heavy (non-hydrogen) atoms. The smallest absolute Gasteiger partial charge is 0.410 e. The average Bonchev–Trinajstić information content (AvgIpc) is 3.52. The highest BCUT2D eigenvalue weighted by molar-refractivity contribution is 5.85. The van der Waals surface area contributed by atoms with Crippen molar-refractivity contribution < 1.29 is 19.1 Å². The van der Waals surface area contributed by atoms with Crippen LogP contribution in [-0.4, -0.2) is 80.8 Å².